The zero-order chi connectivity index (χ0) is 17.9. The Balaban J connectivity index is 1.41. The maximum Gasteiger partial charge on any atom is 0.249 e. The van der Waals surface area contributed by atoms with Crippen molar-refractivity contribution in [1.82, 2.24) is 10.2 Å². The summed E-state index contributed by atoms with van der Waals surface area (Å²) in [5.74, 6) is 0.973. The van der Waals surface area contributed by atoms with E-state index in [1.54, 1.807) is 16.2 Å². The second-order valence-electron chi connectivity index (χ2n) is 6.04. The highest BCUT2D eigenvalue weighted by Gasteiger charge is 2.34. The number of carbonyl (C=O) groups excluding carboxylic acids is 2. The van der Waals surface area contributed by atoms with Gasteiger partial charge in [0, 0.05) is 11.4 Å². The van der Waals surface area contributed by atoms with Crippen molar-refractivity contribution in [2.45, 2.75) is 19.1 Å². The van der Waals surface area contributed by atoms with Crippen LogP contribution < -0.4 is 14.8 Å². The minimum Gasteiger partial charge on any atom is -0.454 e. The van der Waals surface area contributed by atoms with Crippen molar-refractivity contribution in [3.8, 4) is 11.5 Å². The number of fused-ring (bicyclic) bond motifs is 1. The molecule has 2 aromatic rings. The number of nitrogens with zero attached hydrogens (tertiary/aromatic N) is 1. The van der Waals surface area contributed by atoms with Crippen molar-refractivity contribution < 1.29 is 23.8 Å². The van der Waals surface area contributed by atoms with E-state index in [1.807, 2.05) is 35.7 Å². The zero-order valence-electron chi connectivity index (χ0n) is 14.0. The molecule has 1 aromatic carbocycles. The lowest BCUT2D eigenvalue weighted by Crippen LogP contribution is -2.55. The molecule has 3 heterocycles. The average Bonchev–Trinajstić information content (AvgIpc) is 3.32. The van der Waals surface area contributed by atoms with Crippen molar-refractivity contribution >= 4 is 23.2 Å². The van der Waals surface area contributed by atoms with E-state index in [1.165, 1.54) is 0 Å². The predicted octanol–water partition coefficient (Wildman–Crippen LogP) is 1.52. The van der Waals surface area contributed by atoms with Crippen LogP contribution in [0.3, 0.4) is 0 Å². The maximum absolute atomic E-state index is 12.7. The molecule has 1 atom stereocenters. The Morgan fingerprint density at radius 3 is 3.00 bits per heavy atom. The zero-order valence-corrected chi connectivity index (χ0v) is 14.8. The Morgan fingerprint density at radius 1 is 1.27 bits per heavy atom. The van der Waals surface area contributed by atoms with Crippen LogP contribution in [-0.2, 0) is 27.4 Å². The van der Waals surface area contributed by atoms with E-state index in [9.17, 15) is 9.59 Å². The first-order valence-electron chi connectivity index (χ1n) is 8.26. The number of thiophene rings is 1. The quantitative estimate of drug-likeness (QED) is 0.859. The smallest absolute Gasteiger partial charge is 0.249 e. The summed E-state index contributed by atoms with van der Waals surface area (Å²) in [7, 11) is 0. The molecular weight excluding hydrogens is 356 g/mol. The number of amides is 2. The number of morpholine rings is 1. The Morgan fingerprint density at radius 2 is 2.15 bits per heavy atom. The van der Waals surface area contributed by atoms with Gasteiger partial charge < -0.3 is 24.4 Å². The number of ether oxygens (including phenoxy) is 3. The van der Waals surface area contributed by atoms with Crippen molar-refractivity contribution in [3.63, 3.8) is 0 Å². The highest BCUT2D eigenvalue weighted by atomic mass is 32.1. The van der Waals surface area contributed by atoms with Crippen molar-refractivity contribution in [3.05, 3.63) is 46.2 Å². The fraction of sp³-hybridized carbons (Fsp3) is 0.333. The molecule has 4 rings (SSSR count). The first-order valence-corrected chi connectivity index (χ1v) is 9.14. The minimum absolute atomic E-state index is 0.0112. The molecule has 26 heavy (non-hydrogen) atoms. The number of hydrogen-bond donors (Lipinski definition) is 1. The molecule has 0 aliphatic carbocycles. The number of nitrogens with one attached hydrogen (secondary N) is 1. The fourth-order valence-corrected chi connectivity index (χ4v) is 3.65. The standard InChI is InChI=1S/C18H18N2O5S/c21-17-10-23-9-14(20(17)8-13-2-1-5-26-13)18(22)19-7-12-3-4-15-16(6-12)25-11-24-15/h1-6,14H,7-11H2,(H,19,22)/t14-/m0/s1. The van der Waals surface area contributed by atoms with E-state index >= 15 is 0 Å². The lowest BCUT2D eigenvalue weighted by Gasteiger charge is -2.34. The van der Waals surface area contributed by atoms with Crippen LogP contribution in [0.1, 0.15) is 10.4 Å². The topological polar surface area (TPSA) is 77.1 Å². The summed E-state index contributed by atoms with van der Waals surface area (Å²) in [6, 6.07) is 8.79. The summed E-state index contributed by atoms with van der Waals surface area (Å²) >= 11 is 1.56. The van der Waals surface area contributed by atoms with Crippen LogP contribution in [0, 0.1) is 0 Å². The molecular formula is C18H18N2O5S. The summed E-state index contributed by atoms with van der Waals surface area (Å²) in [6.07, 6.45) is 0. The maximum atomic E-state index is 12.7. The SMILES string of the molecule is O=C(NCc1ccc2c(c1)OCO2)[C@@H]1COCC(=O)N1Cc1cccs1. The second-order valence-corrected chi connectivity index (χ2v) is 7.07. The van der Waals surface area contributed by atoms with Crippen molar-refractivity contribution in [1.29, 1.82) is 0 Å². The van der Waals surface area contributed by atoms with Gasteiger partial charge in [-0.1, -0.05) is 12.1 Å². The summed E-state index contributed by atoms with van der Waals surface area (Å²) < 4.78 is 15.9. The van der Waals surface area contributed by atoms with Crippen molar-refractivity contribution in [2.24, 2.45) is 0 Å². The van der Waals surface area contributed by atoms with Crippen LogP contribution in [0.5, 0.6) is 11.5 Å². The molecule has 0 radical (unpaired) electrons. The lowest BCUT2D eigenvalue weighted by atomic mass is 10.1. The summed E-state index contributed by atoms with van der Waals surface area (Å²) in [5, 5.41) is 4.84. The van der Waals surface area contributed by atoms with Gasteiger partial charge in [0.05, 0.1) is 13.2 Å². The van der Waals surface area contributed by atoms with Gasteiger partial charge in [-0.2, -0.15) is 0 Å². The van der Waals surface area contributed by atoms with E-state index in [0.717, 1.165) is 10.4 Å². The number of hydrogen-bond acceptors (Lipinski definition) is 6. The Hall–Kier alpha value is -2.58. The third-order valence-corrected chi connectivity index (χ3v) is 5.17. The third kappa shape index (κ3) is 3.51. The second kappa shape index (κ2) is 7.35. The first-order chi connectivity index (χ1) is 12.7. The molecule has 136 valence electrons. The van der Waals surface area contributed by atoms with Crippen molar-refractivity contribution in [2.75, 3.05) is 20.0 Å². The summed E-state index contributed by atoms with van der Waals surface area (Å²) in [4.78, 5) is 27.5. The molecule has 0 spiro atoms. The number of rotatable bonds is 5. The fourth-order valence-electron chi connectivity index (χ4n) is 2.95. The average molecular weight is 374 g/mol. The summed E-state index contributed by atoms with van der Waals surface area (Å²) in [5.41, 5.74) is 0.899. The van der Waals surface area contributed by atoms with Gasteiger partial charge in [0.15, 0.2) is 11.5 Å². The molecule has 0 bridgehead atoms. The van der Waals surface area contributed by atoms with E-state index < -0.39 is 6.04 Å². The molecule has 2 aliphatic heterocycles. The van der Waals surface area contributed by atoms with E-state index in [4.69, 9.17) is 14.2 Å². The van der Waals surface area contributed by atoms with Gasteiger partial charge >= 0.3 is 0 Å². The molecule has 0 saturated carbocycles. The molecule has 1 aromatic heterocycles. The van der Waals surface area contributed by atoms with Gasteiger partial charge in [-0.15, -0.1) is 11.3 Å². The largest absolute Gasteiger partial charge is 0.454 e. The van der Waals surface area contributed by atoms with E-state index in [2.05, 4.69) is 5.32 Å². The molecule has 2 amide bonds. The molecule has 1 N–H and O–H groups in total. The van der Waals surface area contributed by atoms with Crippen LogP contribution >= 0.6 is 11.3 Å². The van der Waals surface area contributed by atoms with Gasteiger partial charge in [0.1, 0.15) is 12.6 Å². The third-order valence-electron chi connectivity index (χ3n) is 4.31. The van der Waals surface area contributed by atoms with Gasteiger partial charge in [-0.05, 0) is 29.1 Å². The van der Waals surface area contributed by atoms with Crippen LogP contribution in [0.15, 0.2) is 35.7 Å². The minimum atomic E-state index is -0.632. The molecule has 0 unspecified atom stereocenters. The van der Waals surface area contributed by atoms with Crippen LogP contribution in [-0.4, -0.2) is 42.8 Å². The molecule has 7 nitrogen and oxygen atoms in total. The van der Waals surface area contributed by atoms with Gasteiger partial charge in [0.2, 0.25) is 18.6 Å². The van der Waals surface area contributed by atoms with Crippen LogP contribution in [0.4, 0.5) is 0 Å². The van der Waals surface area contributed by atoms with E-state index in [-0.39, 0.29) is 31.8 Å². The number of carbonyl (C=O) groups is 2. The van der Waals surface area contributed by atoms with Gasteiger partial charge in [-0.3, -0.25) is 9.59 Å². The highest BCUT2D eigenvalue weighted by molar-refractivity contribution is 7.09. The van der Waals surface area contributed by atoms with Crippen LogP contribution in [0.25, 0.3) is 0 Å². The van der Waals surface area contributed by atoms with Gasteiger partial charge in [-0.25, -0.2) is 0 Å². The van der Waals surface area contributed by atoms with Crippen LogP contribution in [0.2, 0.25) is 0 Å². The lowest BCUT2D eigenvalue weighted by molar-refractivity contribution is -0.155. The Labute approximate surface area is 154 Å². The monoisotopic (exact) mass is 374 g/mol. The Bertz CT molecular complexity index is 808. The predicted molar refractivity (Wildman–Crippen MR) is 93.9 cm³/mol. The first kappa shape index (κ1) is 16.9. The summed E-state index contributed by atoms with van der Waals surface area (Å²) in [6.45, 7) is 1.18. The van der Waals surface area contributed by atoms with E-state index in [0.29, 0.717) is 24.6 Å². The number of benzene rings is 1. The van der Waals surface area contributed by atoms with Gasteiger partial charge in [0.25, 0.3) is 0 Å². The Kier molecular flexibility index (Phi) is 4.77. The highest BCUT2D eigenvalue weighted by Crippen LogP contribution is 2.32. The molecule has 8 heteroatoms. The molecule has 2 aliphatic rings. The normalized spacial score (nSPS) is 18.8. The molecule has 1 saturated heterocycles. The molecule has 1 fully saturated rings.